The molecule has 4 amide bonds. The number of H-pyrrole nitrogens is 1. The summed E-state index contributed by atoms with van der Waals surface area (Å²) in [6.07, 6.45) is 3.09. The molecule has 0 bridgehead atoms. The Labute approximate surface area is 182 Å². The normalized spacial score (nSPS) is 18.4. The number of nitrogens with one attached hydrogen (secondary N) is 3. The van der Waals surface area contributed by atoms with E-state index in [4.69, 9.17) is 11.5 Å². The Balaban J connectivity index is 2.04. The van der Waals surface area contributed by atoms with E-state index in [-0.39, 0.29) is 19.4 Å². The number of carbonyl (C=O) groups excluding carboxylic acids is 4. The Bertz CT molecular complexity index is 845. The lowest BCUT2D eigenvalue weighted by Crippen LogP contribution is -2.58. The molecule has 0 radical (unpaired) electrons. The van der Waals surface area contributed by atoms with Crippen molar-refractivity contribution in [1.82, 2.24) is 25.5 Å². The van der Waals surface area contributed by atoms with Gasteiger partial charge >= 0.3 is 5.97 Å². The fraction of sp³-hybridized carbons (Fsp3) is 0.556. The standard InChI is InChI=1S/C18H27N7O7/c19-10(5-14(20)27)15(28)24-12(7-26)17(30)25-3-1-2-13(25)16(29)23-11(18(31)32)4-9-6-21-8-22-9/h6,8,10-13,26H,1-5,7,19H2,(H2,20,27)(H,21,22)(H,23,29)(H,24,28)(H,31,32). The van der Waals surface area contributed by atoms with Crippen molar-refractivity contribution in [1.29, 1.82) is 0 Å². The van der Waals surface area contributed by atoms with Gasteiger partial charge in [-0.05, 0) is 12.8 Å². The van der Waals surface area contributed by atoms with E-state index in [1.807, 2.05) is 0 Å². The number of aromatic nitrogens is 2. The van der Waals surface area contributed by atoms with Crippen LogP contribution in [-0.4, -0.2) is 92.0 Å². The smallest absolute Gasteiger partial charge is 0.326 e. The monoisotopic (exact) mass is 453 g/mol. The van der Waals surface area contributed by atoms with Gasteiger partial charge in [0, 0.05) is 24.9 Å². The quantitative estimate of drug-likeness (QED) is 0.174. The van der Waals surface area contributed by atoms with Crippen molar-refractivity contribution in [3.8, 4) is 0 Å². The van der Waals surface area contributed by atoms with Crippen molar-refractivity contribution in [3.63, 3.8) is 0 Å². The van der Waals surface area contributed by atoms with E-state index >= 15 is 0 Å². The molecule has 9 N–H and O–H groups in total. The van der Waals surface area contributed by atoms with Crippen LogP contribution in [0.25, 0.3) is 0 Å². The summed E-state index contributed by atoms with van der Waals surface area (Å²) < 4.78 is 0. The number of aliphatic hydroxyl groups excluding tert-OH is 1. The zero-order valence-corrected chi connectivity index (χ0v) is 17.2. The van der Waals surface area contributed by atoms with Crippen LogP contribution < -0.4 is 22.1 Å². The van der Waals surface area contributed by atoms with E-state index in [9.17, 15) is 34.2 Å². The molecule has 4 unspecified atom stereocenters. The fourth-order valence-corrected chi connectivity index (χ4v) is 3.36. The van der Waals surface area contributed by atoms with Crippen LogP contribution in [0.5, 0.6) is 0 Å². The van der Waals surface area contributed by atoms with Crippen molar-refractivity contribution in [2.75, 3.05) is 13.2 Å². The van der Waals surface area contributed by atoms with Gasteiger partial charge in [0.1, 0.15) is 18.1 Å². The SMILES string of the molecule is NC(=O)CC(N)C(=O)NC(CO)C(=O)N1CCCC1C(=O)NC(Cc1cnc[nH]1)C(=O)O. The number of imidazole rings is 1. The molecule has 0 aliphatic carbocycles. The van der Waals surface area contributed by atoms with Gasteiger partial charge in [-0.15, -0.1) is 0 Å². The van der Waals surface area contributed by atoms with Crippen LogP contribution in [-0.2, 0) is 30.4 Å². The lowest BCUT2D eigenvalue weighted by molar-refractivity contribution is -0.145. The maximum Gasteiger partial charge on any atom is 0.326 e. The Morgan fingerprint density at radius 1 is 1.25 bits per heavy atom. The fourth-order valence-electron chi connectivity index (χ4n) is 3.36. The van der Waals surface area contributed by atoms with Crippen molar-refractivity contribution < 1.29 is 34.2 Å². The number of carbonyl (C=O) groups is 5. The second-order valence-corrected chi connectivity index (χ2v) is 7.39. The molecule has 4 atom stereocenters. The van der Waals surface area contributed by atoms with Crippen LogP contribution >= 0.6 is 0 Å². The van der Waals surface area contributed by atoms with Gasteiger partial charge < -0.3 is 42.2 Å². The highest BCUT2D eigenvalue weighted by Crippen LogP contribution is 2.19. The highest BCUT2D eigenvalue weighted by molar-refractivity contribution is 5.95. The highest BCUT2D eigenvalue weighted by Gasteiger charge is 2.39. The highest BCUT2D eigenvalue weighted by atomic mass is 16.4. The molecule has 176 valence electrons. The summed E-state index contributed by atoms with van der Waals surface area (Å²) in [4.78, 5) is 67.9. The minimum atomic E-state index is -1.39. The van der Waals surface area contributed by atoms with Gasteiger partial charge in [0.05, 0.1) is 25.4 Å². The van der Waals surface area contributed by atoms with Crippen molar-refractivity contribution in [2.24, 2.45) is 11.5 Å². The summed E-state index contributed by atoms with van der Waals surface area (Å²) in [7, 11) is 0. The van der Waals surface area contributed by atoms with Crippen LogP contribution in [0.1, 0.15) is 25.0 Å². The number of likely N-dealkylation sites (tertiary alicyclic amines) is 1. The van der Waals surface area contributed by atoms with E-state index < -0.39 is 66.8 Å². The van der Waals surface area contributed by atoms with E-state index in [2.05, 4.69) is 20.6 Å². The molecule has 1 aromatic rings. The number of rotatable bonds is 11. The second kappa shape index (κ2) is 11.2. The predicted molar refractivity (Wildman–Crippen MR) is 107 cm³/mol. The lowest BCUT2D eigenvalue weighted by Gasteiger charge is -2.29. The molecule has 2 heterocycles. The zero-order valence-electron chi connectivity index (χ0n) is 17.2. The molecule has 0 saturated carbocycles. The number of aromatic amines is 1. The number of aliphatic hydroxyl groups is 1. The molecular weight excluding hydrogens is 426 g/mol. The minimum absolute atomic E-state index is 0.0329. The van der Waals surface area contributed by atoms with Gasteiger partial charge in [-0.1, -0.05) is 0 Å². The summed E-state index contributed by atoms with van der Waals surface area (Å²) in [5.41, 5.74) is 11.0. The first-order valence-electron chi connectivity index (χ1n) is 9.90. The molecule has 2 rings (SSSR count). The van der Waals surface area contributed by atoms with Crippen LogP contribution in [0.2, 0.25) is 0 Å². The van der Waals surface area contributed by atoms with E-state index in [0.717, 1.165) is 0 Å². The predicted octanol–water partition coefficient (Wildman–Crippen LogP) is -3.81. The lowest BCUT2D eigenvalue weighted by atomic mass is 10.1. The van der Waals surface area contributed by atoms with Crippen molar-refractivity contribution >= 4 is 29.6 Å². The Morgan fingerprint density at radius 2 is 1.97 bits per heavy atom. The first-order chi connectivity index (χ1) is 15.1. The molecule has 1 fully saturated rings. The Kier molecular flexibility index (Phi) is 8.66. The number of nitrogens with two attached hydrogens (primary N) is 2. The molecule has 14 nitrogen and oxygen atoms in total. The van der Waals surface area contributed by atoms with Crippen LogP contribution in [0.4, 0.5) is 0 Å². The third-order valence-electron chi connectivity index (χ3n) is 4.99. The van der Waals surface area contributed by atoms with Crippen molar-refractivity contribution in [2.45, 2.75) is 49.9 Å². The second-order valence-electron chi connectivity index (χ2n) is 7.39. The topological polar surface area (TPSA) is 234 Å². The number of aliphatic carboxylic acids is 1. The number of amides is 4. The summed E-state index contributed by atoms with van der Waals surface area (Å²) >= 11 is 0. The van der Waals surface area contributed by atoms with Gasteiger partial charge in [0.25, 0.3) is 0 Å². The third-order valence-corrected chi connectivity index (χ3v) is 4.99. The molecule has 1 aromatic heterocycles. The summed E-state index contributed by atoms with van der Waals surface area (Å²) in [5.74, 6) is -4.32. The molecule has 32 heavy (non-hydrogen) atoms. The van der Waals surface area contributed by atoms with Gasteiger partial charge in [-0.3, -0.25) is 19.2 Å². The number of hydrogen-bond donors (Lipinski definition) is 7. The van der Waals surface area contributed by atoms with Gasteiger partial charge in [0.2, 0.25) is 23.6 Å². The molecule has 1 aliphatic rings. The third kappa shape index (κ3) is 6.49. The van der Waals surface area contributed by atoms with Gasteiger partial charge in [-0.25, -0.2) is 9.78 Å². The van der Waals surface area contributed by atoms with E-state index in [0.29, 0.717) is 12.1 Å². The Morgan fingerprint density at radius 3 is 2.53 bits per heavy atom. The van der Waals surface area contributed by atoms with Crippen molar-refractivity contribution in [3.05, 3.63) is 18.2 Å². The molecule has 0 spiro atoms. The van der Waals surface area contributed by atoms with Crippen LogP contribution in [0, 0.1) is 0 Å². The molecule has 0 aromatic carbocycles. The van der Waals surface area contributed by atoms with Gasteiger partial charge in [0.15, 0.2) is 0 Å². The summed E-state index contributed by atoms with van der Waals surface area (Å²) in [6, 6.07) is -4.92. The molecular formula is C18H27N7O7. The maximum atomic E-state index is 12.9. The maximum absolute atomic E-state index is 12.9. The molecule has 1 saturated heterocycles. The summed E-state index contributed by atoms with van der Waals surface area (Å²) in [5, 5.41) is 23.7. The Hall–Kier alpha value is -3.52. The first-order valence-corrected chi connectivity index (χ1v) is 9.90. The number of primary amides is 1. The first kappa shape index (κ1) is 24.7. The van der Waals surface area contributed by atoms with Crippen LogP contribution in [0.3, 0.4) is 0 Å². The van der Waals surface area contributed by atoms with Crippen LogP contribution in [0.15, 0.2) is 12.5 Å². The largest absolute Gasteiger partial charge is 0.480 e. The number of carboxylic acids is 1. The van der Waals surface area contributed by atoms with E-state index in [1.54, 1.807) is 0 Å². The number of nitrogens with zero attached hydrogens (tertiary/aromatic N) is 2. The minimum Gasteiger partial charge on any atom is -0.480 e. The average Bonchev–Trinajstić information content (AvgIpc) is 3.42. The van der Waals surface area contributed by atoms with Gasteiger partial charge in [-0.2, -0.15) is 0 Å². The van der Waals surface area contributed by atoms with E-state index in [1.165, 1.54) is 17.4 Å². The molecule has 14 heteroatoms. The number of carboxylic acid groups (broad SMARTS) is 1. The molecule has 1 aliphatic heterocycles. The number of hydrogen-bond acceptors (Lipinski definition) is 8. The zero-order chi connectivity index (χ0) is 23.8. The summed E-state index contributed by atoms with van der Waals surface area (Å²) in [6.45, 7) is -0.592. The average molecular weight is 453 g/mol.